The molecule has 1 fully saturated rings. The fourth-order valence-electron chi connectivity index (χ4n) is 2.31. The number of likely N-dealkylation sites (tertiary alicyclic amines) is 1. The van der Waals surface area contributed by atoms with E-state index in [2.05, 4.69) is 5.32 Å². The Labute approximate surface area is 113 Å². The maximum absolute atomic E-state index is 12.0. The van der Waals surface area contributed by atoms with Gasteiger partial charge in [-0.2, -0.15) is 0 Å². The number of hydrogen-bond donors (Lipinski definition) is 2. The van der Waals surface area contributed by atoms with Gasteiger partial charge >= 0.3 is 5.97 Å². The predicted molar refractivity (Wildman–Crippen MR) is 69.5 cm³/mol. The summed E-state index contributed by atoms with van der Waals surface area (Å²) < 4.78 is 0. The van der Waals surface area contributed by atoms with Crippen molar-refractivity contribution in [2.75, 3.05) is 13.1 Å². The highest BCUT2D eigenvalue weighted by atomic mass is 16.4. The zero-order chi connectivity index (χ0) is 14.4. The van der Waals surface area contributed by atoms with Crippen molar-refractivity contribution in [3.63, 3.8) is 0 Å². The van der Waals surface area contributed by atoms with Crippen LogP contribution in [0.25, 0.3) is 0 Å². The van der Waals surface area contributed by atoms with Crippen LogP contribution in [-0.2, 0) is 14.4 Å². The number of rotatable bonds is 5. The standard InChI is InChI=1S/C13H22N2O4/c1-3-5-11(13(18)19)14-12(17)10-6-4-7-15(8-10)9(2)16/h10-11H,3-8H2,1-2H3,(H,14,17)(H,18,19). The van der Waals surface area contributed by atoms with Crippen LogP contribution >= 0.6 is 0 Å². The van der Waals surface area contributed by atoms with Crippen LogP contribution in [0.1, 0.15) is 39.5 Å². The molecule has 0 saturated carbocycles. The first-order valence-corrected chi connectivity index (χ1v) is 6.74. The van der Waals surface area contributed by atoms with E-state index in [0.29, 0.717) is 32.4 Å². The molecule has 0 radical (unpaired) electrons. The molecule has 6 nitrogen and oxygen atoms in total. The van der Waals surface area contributed by atoms with E-state index in [1.54, 1.807) is 4.90 Å². The first kappa shape index (κ1) is 15.5. The largest absolute Gasteiger partial charge is 0.480 e. The summed E-state index contributed by atoms with van der Waals surface area (Å²) in [6, 6.07) is -0.829. The van der Waals surface area contributed by atoms with Crippen molar-refractivity contribution in [2.24, 2.45) is 5.92 Å². The Hall–Kier alpha value is -1.59. The van der Waals surface area contributed by atoms with Gasteiger partial charge in [0, 0.05) is 20.0 Å². The minimum absolute atomic E-state index is 0.0409. The van der Waals surface area contributed by atoms with E-state index in [9.17, 15) is 14.4 Å². The number of carboxylic acid groups (broad SMARTS) is 1. The van der Waals surface area contributed by atoms with Gasteiger partial charge in [0.25, 0.3) is 0 Å². The summed E-state index contributed by atoms with van der Waals surface area (Å²) in [5.41, 5.74) is 0. The van der Waals surface area contributed by atoms with Gasteiger partial charge in [0.1, 0.15) is 6.04 Å². The van der Waals surface area contributed by atoms with Crippen LogP contribution in [0.4, 0.5) is 0 Å². The zero-order valence-corrected chi connectivity index (χ0v) is 11.5. The van der Waals surface area contributed by atoms with Gasteiger partial charge in [0.2, 0.25) is 11.8 Å². The van der Waals surface area contributed by atoms with E-state index in [4.69, 9.17) is 5.11 Å². The van der Waals surface area contributed by atoms with Gasteiger partial charge in [0.15, 0.2) is 0 Å². The second-order valence-corrected chi connectivity index (χ2v) is 4.99. The summed E-state index contributed by atoms with van der Waals surface area (Å²) >= 11 is 0. The fraction of sp³-hybridized carbons (Fsp3) is 0.769. The predicted octanol–water partition coefficient (Wildman–Crippen LogP) is 0.614. The molecule has 0 aromatic carbocycles. The van der Waals surface area contributed by atoms with Crippen LogP contribution in [0, 0.1) is 5.92 Å². The molecule has 2 atom stereocenters. The van der Waals surface area contributed by atoms with Crippen LogP contribution in [0.2, 0.25) is 0 Å². The lowest BCUT2D eigenvalue weighted by Crippen LogP contribution is -2.49. The molecule has 0 aliphatic carbocycles. The highest BCUT2D eigenvalue weighted by Crippen LogP contribution is 2.17. The molecule has 19 heavy (non-hydrogen) atoms. The third-order valence-electron chi connectivity index (χ3n) is 3.43. The van der Waals surface area contributed by atoms with Crippen molar-refractivity contribution in [2.45, 2.75) is 45.6 Å². The number of carboxylic acids is 1. The number of carbonyl (C=O) groups excluding carboxylic acids is 2. The first-order valence-electron chi connectivity index (χ1n) is 6.74. The summed E-state index contributed by atoms with van der Waals surface area (Å²) in [4.78, 5) is 36.0. The highest BCUT2D eigenvalue weighted by Gasteiger charge is 2.29. The van der Waals surface area contributed by atoms with E-state index in [0.717, 1.165) is 6.42 Å². The van der Waals surface area contributed by atoms with Gasteiger partial charge in [-0.3, -0.25) is 9.59 Å². The van der Waals surface area contributed by atoms with Gasteiger partial charge in [-0.1, -0.05) is 13.3 Å². The first-order chi connectivity index (χ1) is 8.95. The Morgan fingerprint density at radius 1 is 1.42 bits per heavy atom. The molecule has 2 unspecified atom stereocenters. The van der Waals surface area contributed by atoms with Gasteiger partial charge in [-0.05, 0) is 19.3 Å². The molecule has 1 rings (SSSR count). The quantitative estimate of drug-likeness (QED) is 0.766. The van der Waals surface area contributed by atoms with Gasteiger partial charge in [-0.25, -0.2) is 4.79 Å². The van der Waals surface area contributed by atoms with E-state index in [1.165, 1.54) is 6.92 Å². The molecule has 1 saturated heterocycles. The van der Waals surface area contributed by atoms with E-state index >= 15 is 0 Å². The monoisotopic (exact) mass is 270 g/mol. The number of piperidine rings is 1. The molecule has 2 amide bonds. The Balaban J connectivity index is 2.56. The molecule has 2 N–H and O–H groups in total. The topological polar surface area (TPSA) is 86.7 Å². The van der Waals surface area contributed by atoms with Crippen molar-refractivity contribution in [1.82, 2.24) is 10.2 Å². The van der Waals surface area contributed by atoms with Crippen molar-refractivity contribution in [3.05, 3.63) is 0 Å². The number of aliphatic carboxylic acids is 1. The number of nitrogens with one attached hydrogen (secondary N) is 1. The van der Waals surface area contributed by atoms with Gasteiger partial charge in [0.05, 0.1) is 5.92 Å². The third kappa shape index (κ3) is 4.54. The summed E-state index contributed by atoms with van der Waals surface area (Å²) in [7, 11) is 0. The normalized spacial score (nSPS) is 20.7. The van der Waals surface area contributed by atoms with Crippen molar-refractivity contribution >= 4 is 17.8 Å². The lowest BCUT2D eigenvalue weighted by molar-refractivity contribution is -0.143. The van der Waals surface area contributed by atoms with E-state index in [-0.39, 0.29) is 17.7 Å². The average Bonchev–Trinajstić information content (AvgIpc) is 2.38. The molecule has 0 aromatic rings. The number of amides is 2. The van der Waals surface area contributed by atoms with Crippen LogP contribution in [0.3, 0.4) is 0 Å². The zero-order valence-electron chi connectivity index (χ0n) is 11.5. The molecule has 1 heterocycles. The molecule has 1 aliphatic heterocycles. The summed E-state index contributed by atoms with van der Waals surface area (Å²) in [5, 5.41) is 11.6. The summed E-state index contributed by atoms with van der Waals surface area (Å²) in [5.74, 6) is -1.60. The van der Waals surface area contributed by atoms with Gasteiger partial charge < -0.3 is 15.3 Å². The average molecular weight is 270 g/mol. The van der Waals surface area contributed by atoms with Crippen LogP contribution in [0.5, 0.6) is 0 Å². The van der Waals surface area contributed by atoms with Crippen molar-refractivity contribution in [3.8, 4) is 0 Å². The lowest BCUT2D eigenvalue weighted by atomic mass is 9.96. The number of nitrogens with zero attached hydrogens (tertiary/aromatic N) is 1. The second-order valence-electron chi connectivity index (χ2n) is 4.99. The van der Waals surface area contributed by atoms with Crippen LogP contribution in [0.15, 0.2) is 0 Å². The molecular weight excluding hydrogens is 248 g/mol. The summed E-state index contributed by atoms with van der Waals surface area (Å²) in [6.45, 7) is 4.42. The van der Waals surface area contributed by atoms with E-state index < -0.39 is 12.0 Å². The second kappa shape index (κ2) is 7.11. The Morgan fingerprint density at radius 3 is 2.63 bits per heavy atom. The van der Waals surface area contributed by atoms with Crippen LogP contribution < -0.4 is 5.32 Å². The molecule has 0 spiro atoms. The molecule has 0 aromatic heterocycles. The van der Waals surface area contributed by atoms with Gasteiger partial charge in [-0.15, -0.1) is 0 Å². The van der Waals surface area contributed by atoms with Crippen LogP contribution in [-0.4, -0.2) is 46.9 Å². The maximum atomic E-state index is 12.0. The van der Waals surface area contributed by atoms with E-state index in [1.807, 2.05) is 6.92 Å². The maximum Gasteiger partial charge on any atom is 0.326 e. The molecule has 108 valence electrons. The molecule has 0 bridgehead atoms. The smallest absolute Gasteiger partial charge is 0.326 e. The fourth-order valence-corrected chi connectivity index (χ4v) is 2.31. The lowest BCUT2D eigenvalue weighted by Gasteiger charge is -2.31. The molecule has 6 heteroatoms. The number of hydrogen-bond acceptors (Lipinski definition) is 3. The minimum Gasteiger partial charge on any atom is -0.480 e. The molecule has 1 aliphatic rings. The third-order valence-corrected chi connectivity index (χ3v) is 3.43. The molecular formula is C13H22N2O4. The Kier molecular flexibility index (Phi) is 5.79. The Morgan fingerprint density at radius 2 is 2.11 bits per heavy atom. The minimum atomic E-state index is -1.01. The van der Waals surface area contributed by atoms with Crippen molar-refractivity contribution < 1.29 is 19.5 Å². The van der Waals surface area contributed by atoms with Crippen molar-refractivity contribution in [1.29, 1.82) is 0 Å². The highest BCUT2D eigenvalue weighted by molar-refractivity contribution is 5.85. The Bertz CT molecular complexity index is 357. The summed E-state index contributed by atoms with van der Waals surface area (Å²) in [6.07, 6.45) is 2.60. The SMILES string of the molecule is CCCC(NC(=O)C1CCCN(C(C)=O)C1)C(=O)O. The number of carbonyl (C=O) groups is 3.